The molecule has 2 aromatic heterocycles. The molecule has 1 atom stereocenters. The molecule has 1 aliphatic carbocycles. The van der Waals surface area contributed by atoms with Crippen molar-refractivity contribution < 1.29 is 14.3 Å². The number of ether oxygens (including phenoxy) is 1. The van der Waals surface area contributed by atoms with Gasteiger partial charge in [-0.3, -0.25) is 14.6 Å². The molecule has 1 amide bonds. The van der Waals surface area contributed by atoms with Gasteiger partial charge in [-0.15, -0.1) is 0 Å². The molecule has 6 heteroatoms. The minimum absolute atomic E-state index is 0.00804. The van der Waals surface area contributed by atoms with Crippen LogP contribution in [0.1, 0.15) is 63.4 Å². The Morgan fingerprint density at radius 1 is 1.37 bits per heavy atom. The van der Waals surface area contributed by atoms with Crippen LogP contribution >= 0.6 is 0 Å². The molecule has 1 N–H and O–H groups in total. The van der Waals surface area contributed by atoms with Crippen molar-refractivity contribution in [3.05, 3.63) is 52.6 Å². The molecule has 3 heterocycles. The summed E-state index contributed by atoms with van der Waals surface area (Å²) in [6, 6.07) is 3.88. The summed E-state index contributed by atoms with van der Waals surface area (Å²) in [4.78, 5) is 34.8. The van der Waals surface area contributed by atoms with Crippen molar-refractivity contribution in [2.24, 2.45) is 0 Å². The Kier molecular flexibility index (Phi) is 5.07. The summed E-state index contributed by atoms with van der Waals surface area (Å²) >= 11 is 0. The lowest BCUT2D eigenvalue weighted by molar-refractivity contribution is -0.00685. The van der Waals surface area contributed by atoms with Crippen LogP contribution in [0.3, 0.4) is 0 Å². The maximum atomic E-state index is 13.2. The quantitative estimate of drug-likeness (QED) is 0.901. The summed E-state index contributed by atoms with van der Waals surface area (Å²) in [6.45, 7) is 3.66. The number of nitrogens with zero attached hydrogens (tertiary/aromatic N) is 2. The van der Waals surface area contributed by atoms with Crippen LogP contribution in [0.4, 0.5) is 0 Å². The number of ketones is 1. The number of aromatic nitrogens is 2. The van der Waals surface area contributed by atoms with E-state index in [1.165, 1.54) is 0 Å². The van der Waals surface area contributed by atoms with Gasteiger partial charge in [0, 0.05) is 43.3 Å². The van der Waals surface area contributed by atoms with E-state index in [0.29, 0.717) is 37.2 Å². The highest BCUT2D eigenvalue weighted by Crippen LogP contribution is 2.29. The Morgan fingerprint density at radius 2 is 2.26 bits per heavy atom. The number of aryl methyl sites for hydroxylation is 2. The average molecular weight is 367 g/mol. The number of rotatable bonds is 4. The van der Waals surface area contributed by atoms with E-state index in [4.69, 9.17) is 4.74 Å². The number of amides is 1. The lowest BCUT2D eigenvalue weighted by atomic mass is 9.92. The number of nitrogens with one attached hydrogen (secondary N) is 1. The van der Waals surface area contributed by atoms with E-state index in [2.05, 4.69) is 9.97 Å². The monoisotopic (exact) mass is 367 g/mol. The summed E-state index contributed by atoms with van der Waals surface area (Å²) in [5, 5.41) is 0. The van der Waals surface area contributed by atoms with Crippen molar-refractivity contribution in [1.82, 2.24) is 14.9 Å². The van der Waals surface area contributed by atoms with Gasteiger partial charge in [0.05, 0.1) is 23.8 Å². The van der Waals surface area contributed by atoms with Gasteiger partial charge < -0.3 is 14.6 Å². The number of carbonyl (C=O) groups excluding carboxylic acids is 2. The number of fused-ring (bicyclic) bond motifs is 1. The molecule has 1 aliphatic heterocycles. The van der Waals surface area contributed by atoms with E-state index >= 15 is 0 Å². The minimum atomic E-state index is -0.0464. The van der Waals surface area contributed by atoms with Crippen LogP contribution in [0.2, 0.25) is 0 Å². The van der Waals surface area contributed by atoms with Crippen LogP contribution in [0, 0.1) is 6.92 Å². The molecule has 2 aliphatic rings. The van der Waals surface area contributed by atoms with E-state index in [9.17, 15) is 9.59 Å². The molecular formula is C21H25N3O3. The molecule has 0 saturated carbocycles. The summed E-state index contributed by atoms with van der Waals surface area (Å²) in [5.74, 6) is 0.0419. The van der Waals surface area contributed by atoms with Gasteiger partial charge in [-0.1, -0.05) is 6.07 Å². The fraction of sp³-hybridized carbons (Fsp3) is 0.476. The molecule has 0 bridgehead atoms. The van der Waals surface area contributed by atoms with Gasteiger partial charge in [-0.25, -0.2) is 0 Å². The molecule has 6 nitrogen and oxygen atoms in total. The highest BCUT2D eigenvalue weighted by atomic mass is 16.5. The first-order valence-electron chi connectivity index (χ1n) is 9.68. The Hall–Kier alpha value is -2.47. The first kappa shape index (κ1) is 17.9. The maximum Gasteiger partial charge on any atom is 0.256 e. The van der Waals surface area contributed by atoms with E-state index in [0.717, 1.165) is 42.6 Å². The SMILES string of the molecule is Cc1[nH]c2c(c1C(=O)N1CCC[C@@H](OCc3cccnc3)C1)C(=O)CCC2. The Labute approximate surface area is 158 Å². The van der Waals surface area contributed by atoms with Crippen molar-refractivity contribution in [1.29, 1.82) is 0 Å². The first-order valence-corrected chi connectivity index (χ1v) is 9.68. The number of carbonyl (C=O) groups is 2. The normalized spacial score (nSPS) is 19.8. The summed E-state index contributed by atoms with van der Waals surface area (Å²) in [7, 11) is 0. The van der Waals surface area contributed by atoms with Crippen LogP contribution < -0.4 is 0 Å². The van der Waals surface area contributed by atoms with Crippen molar-refractivity contribution in [2.75, 3.05) is 13.1 Å². The van der Waals surface area contributed by atoms with Crippen LogP contribution in [-0.4, -0.2) is 45.8 Å². The van der Waals surface area contributed by atoms with Gasteiger partial charge >= 0.3 is 0 Å². The lowest BCUT2D eigenvalue weighted by Crippen LogP contribution is -2.43. The minimum Gasteiger partial charge on any atom is -0.372 e. The number of likely N-dealkylation sites (tertiary alicyclic amines) is 1. The van der Waals surface area contributed by atoms with Gasteiger partial charge in [0.2, 0.25) is 0 Å². The molecule has 0 radical (unpaired) electrons. The molecule has 1 fully saturated rings. The maximum absolute atomic E-state index is 13.2. The van der Waals surface area contributed by atoms with E-state index in [1.54, 1.807) is 12.4 Å². The van der Waals surface area contributed by atoms with Gasteiger partial charge in [-0.2, -0.15) is 0 Å². The lowest BCUT2D eigenvalue weighted by Gasteiger charge is -2.33. The number of pyridine rings is 1. The number of piperidine rings is 1. The van der Waals surface area contributed by atoms with E-state index in [1.807, 2.05) is 24.0 Å². The molecule has 142 valence electrons. The van der Waals surface area contributed by atoms with Crippen LogP contribution in [0.5, 0.6) is 0 Å². The predicted molar refractivity (Wildman–Crippen MR) is 101 cm³/mol. The van der Waals surface area contributed by atoms with E-state index in [-0.39, 0.29) is 17.8 Å². The third-order valence-corrected chi connectivity index (χ3v) is 5.46. The Balaban J connectivity index is 1.46. The largest absolute Gasteiger partial charge is 0.372 e. The molecular weight excluding hydrogens is 342 g/mol. The molecule has 27 heavy (non-hydrogen) atoms. The zero-order valence-electron chi connectivity index (χ0n) is 15.7. The number of H-pyrrole nitrogens is 1. The second kappa shape index (κ2) is 7.64. The standard InChI is InChI=1S/C21H25N3O3/c1-14-19(20-17(23-14)7-2-8-18(20)25)21(26)24-10-4-6-16(12-24)27-13-15-5-3-9-22-11-15/h3,5,9,11,16,23H,2,4,6-8,10,12-13H2,1H3/t16-/m1/s1. The summed E-state index contributed by atoms with van der Waals surface area (Å²) < 4.78 is 6.02. The number of hydrogen-bond donors (Lipinski definition) is 1. The second-order valence-electron chi connectivity index (χ2n) is 7.44. The zero-order chi connectivity index (χ0) is 18.8. The van der Waals surface area contributed by atoms with Gasteiger partial charge in [-0.05, 0) is 44.2 Å². The molecule has 4 rings (SSSR count). The van der Waals surface area contributed by atoms with Gasteiger partial charge in [0.1, 0.15) is 0 Å². The fourth-order valence-electron chi connectivity index (χ4n) is 4.12. The van der Waals surface area contributed by atoms with Crippen molar-refractivity contribution >= 4 is 11.7 Å². The van der Waals surface area contributed by atoms with Gasteiger partial charge in [0.15, 0.2) is 5.78 Å². The third kappa shape index (κ3) is 3.67. The van der Waals surface area contributed by atoms with Crippen LogP contribution in [0.25, 0.3) is 0 Å². The zero-order valence-corrected chi connectivity index (χ0v) is 15.7. The number of hydrogen-bond acceptors (Lipinski definition) is 4. The van der Waals surface area contributed by atoms with Crippen molar-refractivity contribution in [2.45, 2.75) is 51.7 Å². The Morgan fingerprint density at radius 3 is 3.07 bits per heavy atom. The number of aromatic amines is 1. The molecule has 2 aromatic rings. The molecule has 1 saturated heterocycles. The van der Waals surface area contributed by atoms with Crippen LogP contribution in [0.15, 0.2) is 24.5 Å². The summed E-state index contributed by atoms with van der Waals surface area (Å²) in [5.41, 5.74) is 3.96. The molecule has 0 aromatic carbocycles. The molecule has 0 unspecified atom stereocenters. The van der Waals surface area contributed by atoms with Crippen LogP contribution in [-0.2, 0) is 17.8 Å². The Bertz CT molecular complexity index is 844. The third-order valence-electron chi connectivity index (χ3n) is 5.46. The molecule has 0 spiro atoms. The topological polar surface area (TPSA) is 75.3 Å². The van der Waals surface area contributed by atoms with Crippen molar-refractivity contribution in [3.8, 4) is 0 Å². The van der Waals surface area contributed by atoms with E-state index < -0.39 is 0 Å². The van der Waals surface area contributed by atoms with Crippen molar-refractivity contribution in [3.63, 3.8) is 0 Å². The highest BCUT2D eigenvalue weighted by molar-refractivity contribution is 6.10. The first-order chi connectivity index (χ1) is 13.1. The number of Topliss-reactive ketones (excluding diaryl/α,β-unsaturated/α-hetero) is 1. The summed E-state index contributed by atoms with van der Waals surface area (Å²) in [6.07, 6.45) is 7.61. The smallest absolute Gasteiger partial charge is 0.256 e. The average Bonchev–Trinajstić information content (AvgIpc) is 3.04. The fourth-order valence-corrected chi connectivity index (χ4v) is 4.12. The highest BCUT2D eigenvalue weighted by Gasteiger charge is 2.32. The van der Waals surface area contributed by atoms with Gasteiger partial charge in [0.25, 0.3) is 5.91 Å². The second-order valence-corrected chi connectivity index (χ2v) is 7.44. The predicted octanol–water partition coefficient (Wildman–Crippen LogP) is 3.06.